The van der Waals surface area contributed by atoms with Gasteiger partial charge in [-0.15, -0.1) is 10.2 Å². The normalized spacial score (nSPS) is 18.3. The van der Waals surface area contributed by atoms with Crippen LogP contribution in [0.15, 0.2) is 30.6 Å². The molecule has 0 bridgehead atoms. The van der Waals surface area contributed by atoms with Gasteiger partial charge in [0, 0.05) is 35.3 Å². The smallest absolute Gasteiger partial charge is 0.245 e. The Morgan fingerprint density at radius 2 is 1.77 bits per heavy atom. The predicted molar refractivity (Wildman–Crippen MR) is 115 cm³/mol. The molecule has 0 amide bonds. The molecule has 158 valence electrons. The SMILES string of the molecule is CN(c1ncc(-c2ccc(-c3cn[nH]n3)cc2O)nn1)C1CC(C)(C)NC(C)(C)C1. The summed E-state index contributed by atoms with van der Waals surface area (Å²) in [5.74, 6) is 0.672. The maximum atomic E-state index is 10.5. The molecule has 1 aromatic carbocycles. The summed E-state index contributed by atoms with van der Waals surface area (Å²) in [6.45, 7) is 8.90. The minimum atomic E-state index is 0.0332. The molecule has 9 heteroatoms. The van der Waals surface area contributed by atoms with Crippen LogP contribution >= 0.6 is 0 Å². The minimum Gasteiger partial charge on any atom is -0.507 e. The quantitative estimate of drug-likeness (QED) is 0.603. The number of anilines is 1. The van der Waals surface area contributed by atoms with Gasteiger partial charge in [-0.3, -0.25) is 0 Å². The van der Waals surface area contributed by atoms with Crippen LogP contribution in [-0.4, -0.2) is 59.9 Å². The standard InChI is InChI=1S/C21H28N8O/c1-20(2)9-14(10-21(3,4)27-20)29(5)19-22-11-17(24-26-19)15-7-6-13(8-18(15)30)16-12-23-28-25-16/h6-8,11-12,14,27,30H,9-10H2,1-5H3,(H,23,25,28). The van der Waals surface area contributed by atoms with E-state index in [0.717, 1.165) is 18.4 Å². The van der Waals surface area contributed by atoms with Gasteiger partial charge < -0.3 is 15.3 Å². The van der Waals surface area contributed by atoms with Crippen LogP contribution in [0.1, 0.15) is 40.5 Å². The first-order valence-electron chi connectivity index (χ1n) is 10.0. The van der Waals surface area contributed by atoms with Crippen molar-refractivity contribution in [3.05, 3.63) is 30.6 Å². The van der Waals surface area contributed by atoms with E-state index in [1.54, 1.807) is 24.5 Å². The molecule has 4 rings (SSSR count). The zero-order valence-electron chi connectivity index (χ0n) is 18.0. The molecule has 0 unspecified atom stereocenters. The number of aromatic hydroxyl groups is 1. The Balaban J connectivity index is 1.54. The highest BCUT2D eigenvalue weighted by atomic mass is 16.3. The summed E-state index contributed by atoms with van der Waals surface area (Å²) in [5.41, 5.74) is 2.57. The second kappa shape index (κ2) is 7.32. The first-order chi connectivity index (χ1) is 14.1. The fourth-order valence-electron chi connectivity index (χ4n) is 4.51. The maximum Gasteiger partial charge on any atom is 0.245 e. The Morgan fingerprint density at radius 1 is 1.03 bits per heavy atom. The topological polar surface area (TPSA) is 116 Å². The van der Waals surface area contributed by atoms with Gasteiger partial charge in [-0.2, -0.15) is 15.4 Å². The number of hydrogen-bond donors (Lipinski definition) is 3. The Morgan fingerprint density at radius 3 is 2.33 bits per heavy atom. The monoisotopic (exact) mass is 408 g/mol. The second-order valence-corrected chi connectivity index (χ2v) is 9.30. The van der Waals surface area contributed by atoms with E-state index in [1.165, 1.54) is 0 Å². The van der Waals surface area contributed by atoms with Crippen LogP contribution in [0, 0.1) is 0 Å². The fourth-order valence-corrected chi connectivity index (χ4v) is 4.51. The average molecular weight is 409 g/mol. The van der Waals surface area contributed by atoms with Crippen molar-refractivity contribution in [2.24, 2.45) is 0 Å². The van der Waals surface area contributed by atoms with Gasteiger partial charge in [-0.25, -0.2) is 4.98 Å². The molecule has 0 aliphatic carbocycles. The van der Waals surface area contributed by atoms with Crippen molar-refractivity contribution in [2.75, 3.05) is 11.9 Å². The van der Waals surface area contributed by atoms with Crippen molar-refractivity contribution in [3.63, 3.8) is 0 Å². The number of rotatable bonds is 4. The van der Waals surface area contributed by atoms with E-state index in [0.29, 0.717) is 28.9 Å². The van der Waals surface area contributed by atoms with Crippen molar-refractivity contribution in [3.8, 4) is 28.3 Å². The maximum absolute atomic E-state index is 10.5. The van der Waals surface area contributed by atoms with Crippen molar-refractivity contribution in [1.29, 1.82) is 0 Å². The third kappa shape index (κ3) is 4.11. The molecule has 0 atom stereocenters. The summed E-state index contributed by atoms with van der Waals surface area (Å²) in [6, 6.07) is 5.58. The Bertz CT molecular complexity index is 998. The van der Waals surface area contributed by atoms with Crippen LogP contribution in [0.4, 0.5) is 5.95 Å². The van der Waals surface area contributed by atoms with Crippen LogP contribution in [0.5, 0.6) is 5.75 Å². The number of aromatic amines is 1. The van der Waals surface area contributed by atoms with Crippen LogP contribution in [-0.2, 0) is 0 Å². The molecule has 9 nitrogen and oxygen atoms in total. The molecular weight excluding hydrogens is 380 g/mol. The number of phenols is 1. The number of H-pyrrole nitrogens is 1. The van der Waals surface area contributed by atoms with Crippen LogP contribution in [0.25, 0.3) is 22.5 Å². The lowest BCUT2D eigenvalue weighted by Gasteiger charge is -2.48. The third-order valence-electron chi connectivity index (χ3n) is 5.57. The lowest BCUT2D eigenvalue weighted by Crippen LogP contribution is -2.62. The van der Waals surface area contributed by atoms with Gasteiger partial charge >= 0.3 is 0 Å². The van der Waals surface area contributed by atoms with Crippen LogP contribution in [0.3, 0.4) is 0 Å². The third-order valence-corrected chi connectivity index (χ3v) is 5.57. The summed E-state index contributed by atoms with van der Waals surface area (Å²) in [5, 5.41) is 33.2. The van der Waals surface area contributed by atoms with Crippen LogP contribution < -0.4 is 10.2 Å². The van der Waals surface area contributed by atoms with E-state index in [-0.39, 0.29) is 16.8 Å². The number of nitrogens with one attached hydrogen (secondary N) is 2. The molecule has 0 saturated carbocycles. The largest absolute Gasteiger partial charge is 0.507 e. The second-order valence-electron chi connectivity index (χ2n) is 9.30. The lowest BCUT2D eigenvalue weighted by molar-refractivity contribution is 0.160. The van der Waals surface area contributed by atoms with Gasteiger partial charge in [0.05, 0.1) is 12.4 Å². The highest BCUT2D eigenvalue weighted by Crippen LogP contribution is 2.33. The molecule has 3 aromatic rings. The number of benzene rings is 1. The predicted octanol–water partition coefficient (Wildman–Crippen LogP) is 2.77. The molecule has 3 heterocycles. The van der Waals surface area contributed by atoms with E-state index in [2.05, 4.69) is 68.5 Å². The minimum absolute atomic E-state index is 0.0332. The molecule has 2 aromatic heterocycles. The highest BCUT2D eigenvalue weighted by Gasteiger charge is 2.39. The van der Waals surface area contributed by atoms with E-state index < -0.39 is 0 Å². The van der Waals surface area contributed by atoms with Crippen molar-refractivity contribution in [1.82, 2.24) is 35.9 Å². The Labute approximate surface area is 176 Å². The molecule has 30 heavy (non-hydrogen) atoms. The van der Waals surface area contributed by atoms with E-state index in [9.17, 15) is 5.11 Å². The molecular formula is C21H28N8O. The Hall–Kier alpha value is -3.07. The van der Waals surface area contributed by atoms with E-state index >= 15 is 0 Å². The molecule has 1 aliphatic rings. The molecule has 1 aliphatic heterocycles. The lowest BCUT2D eigenvalue weighted by atomic mass is 9.79. The van der Waals surface area contributed by atoms with Crippen LogP contribution in [0.2, 0.25) is 0 Å². The summed E-state index contributed by atoms with van der Waals surface area (Å²) >= 11 is 0. The van der Waals surface area contributed by atoms with Crippen molar-refractivity contribution >= 4 is 5.95 Å². The van der Waals surface area contributed by atoms with Gasteiger partial charge in [0.25, 0.3) is 0 Å². The molecule has 3 N–H and O–H groups in total. The number of phenolic OH excluding ortho intramolecular Hbond substituents is 1. The summed E-state index contributed by atoms with van der Waals surface area (Å²) < 4.78 is 0. The Kier molecular flexibility index (Phi) is 4.93. The van der Waals surface area contributed by atoms with Gasteiger partial charge in [0.15, 0.2) is 0 Å². The molecule has 1 fully saturated rings. The summed E-state index contributed by atoms with van der Waals surface area (Å²) in [4.78, 5) is 6.64. The number of piperidine rings is 1. The number of hydrogen-bond acceptors (Lipinski definition) is 8. The van der Waals surface area contributed by atoms with E-state index in [4.69, 9.17) is 0 Å². The fraction of sp³-hybridized carbons (Fsp3) is 0.476. The van der Waals surface area contributed by atoms with Gasteiger partial charge in [-0.05, 0) is 52.7 Å². The summed E-state index contributed by atoms with van der Waals surface area (Å²) in [7, 11) is 2.02. The highest BCUT2D eigenvalue weighted by molar-refractivity contribution is 5.72. The average Bonchev–Trinajstić information content (AvgIpc) is 3.20. The van der Waals surface area contributed by atoms with Gasteiger partial charge in [0.2, 0.25) is 5.95 Å². The van der Waals surface area contributed by atoms with E-state index in [1.807, 2.05) is 13.1 Å². The molecule has 0 radical (unpaired) electrons. The zero-order valence-corrected chi connectivity index (χ0v) is 18.0. The first-order valence-corrected chi connectivity index (χ1v) is 10.0. The van der Waals surface area contributed by atoms with Crippen molar-refractivity contribution < 1.29 is 5.11 Å². The van der Waals surface area contributed by atoms with Gasteiger partial charge in [-0.1, -0.05) is 6.07 Å². The number of nitrogens with zero attached hydrogens (tertiary/aromatic N) is 6. The van der Waals surface area contributed by atoms with Gasteiger partial charge in [0.1, 0.15) is 17.1 Å². The first kappa shape index (κ1) is 20.2. The molecule has 0 spiro atoms. The zero-order chi connectivity index (χ0) is 21.5. The summed E-state index contributed by atoms with van der Waals surface area (Å²) in [6.07, 6.45) is 5.23. The number of aromatic nitrogens is 6. The molecule has 1 saturated heterocycles. The van der Waals surface area contributed by atoms with Crippen molar-refractivity contribution in [2.45, 2.75) is 57.7 Å².